The standard InChI is InChI=1S/C19H23ClN2O3/c1-11-16(19(24)25-5)12(2)21-17(11)18(23)13(3)22(4)10-14-7-6-8-15(20)9-14/h6-9,13,21H,10H2,1-5H3. The van der Waals surface area contributed by atoms with Crippen molar-refractivity contribution in [3.05, 3.63) is 57.4 Å². The van der Waals surface area contributed by atoms with Gasteiger partial charge in [-0.15, -0.1) is 0 Å². The van der Waals surface area contributed by atoms with Crippen LogP contribution in [0.4, 0.5) is 0 Å². The molecule has 1 heterocycles. The number of hydrogen-bond donors (Lipinski definition) is 1. The summed E-state index contributed by atoms with van der Waals surface area (Å²) in [5.41, 5.74) is 3.16. The SMILES string of the molecule is COC(=O)c1c(C)[nH]c(C(=O)C(C)N(C)Cc2cccc(Cl)c2)c1C. The predicted octanol–water partition coefficient (Wildman–Crippen LogP) is 3.77. The molecular weight excluding hydrogens is 340 g/mol. The number of ketones is 1. The second-order valence-electron chi connectivity index (χ2n) is 6.20. The lowest BCUT2D eigenvalue weighted by atomic mass is 10.0. The number of nitrogens with one attached hydrogen (secondary N) is 1. The Hall–Kier alpha value is -2.11. The van der Waals surface area contributed by atoms with Crippen LogP contribution in [0.1, 0.15) is 44.6 Å². The number of rotatable bonds is 6. The van der Waals surface area contributed by atoms with E-state index in [0.717, 1.165) is 5.56 Å². The van der Waals surface area contributed by atoms with Crippen LogP contribution in [0.5, 0.6) is 0 Å². The van der Waals surface area contributed by atoms with E-state index in [4.69, 9.17) is 16.3 Å². The van der Waals surface area contributed by atoms with E-state index in [1.54, 1.807) is 13.8 Å². The average molecular weight is 363 g/mol. The quantitative estimate of drug-likeness (QED) is 0.627. The zero-order valence-corrected chi connectivity index (χ0v) is 15.9. The van der Waals surface area contributed by atoms with Crippen molar-refractivity contribution in [3.8, 4) is 0 Å². The van der Waals surface area contributed by atoms with Gasteiger partial charge >= 0.3 is 5.97 Å². The number of carbonyl (C=O) groups is 2. The van der Waals surface area contributed by atoms with E-state index in [9.17, 15) is 9.59 Å². The molecule has 6 heteroatoms. The minimum Gasteiger partial charge on any atom is -0.465 e. The molecule has 0 aliphatic carbocycles. The summed E-state index contributed by atoms with van der Waals surface area (Å²) in [5, 5.41) is 0.670. The second kappa shape index (κ2) is 7.85. The minimum absolute atomic E-state index is 0.0692. The van der Waals surface area contributed by atoms with E-state index in [1.165, 1.54) is 7.11 Å². The van der Waals surface area contributed by atoms with Crippen LogP contribution in [-0.4, -0.2) is 41.8 Å². The number of Topliss-reactive ketones (excluding diaryl/α,β-unsaturated/α-hetero) is 1. The van der Waals surface area contributed by atoms with Crippen molar-refractivity contribution >= 4 is 23.4 Å². The maximum absolute atomic E-state index is 12.9. The van der Waals surface area contributed by atoms with E-state index >= 15 is 0 Å². The zero-order chi connectivity index (χ0) is 18.7. The maximum Gasteiger partial charge on any atom is 0.339 e. The molecule has 1 aromatic heterocycles. The first-order valence-corrected chi connectivity index (χ1v) is 8.40. The number of aryl methyl sites for hydroxylation is 1. The largest absolute Gasteiger partial charge is 0.465 e. The summed E-state index contributed by atoms with van der Waals surface area (Å²) in [6.07, 6.45) is 0. The van der Waals surface area contributed by atoms with Gasteiger partial charge in [-0.3, -0.25) is 9.69 Å². The molecule has 1 unspecified atom stereocenters. The maximum atomic E-state index is 12.9. The molecule has 0 amide bonds. The lowest BCUT2D eigenvalue weighted by molar-refractivity contribution is 0.0599. The van der Waals surface area contributed by atoms with Crippen LogP contribution in [0.25, 0.3) is 0 Å². The number of halogens is 1. The summed E-state index contributed by atoms with van der Waals surface area (Å²) in [7, 11) is 3.22. The first-order valence-electron chi connectivity index (χ1n) is 8.02. The molecule has 1 N–H and O–H groups in total. The number of nitrogens with zero attached hydrogens (tertiary/aromatic N) is 1. The van der Waals surface area contributed by atoms with Gasteiger partial charge in [0.1, 0.15) is 0 Å². The second-order valence-corrected chi connectivity index (χ2v) is 6.64. The summed E-state index contributed by atoms with van der Waals surface area (Å²) in [6, 6.07) is 7.20. The first-order chi connectivity index (χ1) is 11.8. The van der Waals surface area contributed by atoms with E-state index in [0.29, 0.717) is 34.1 Å². The van der Waals surface area contributed by atoms with Crippen LogP contribution < -0.4 is 0 Å². The Balaban J connectivity index is 2.21. The molecule has 2 rings (SSSR count). The molecule has 134 valence electrons. The van der Waals surface area contributed by atoms with Gasteiger partial charge in [-0.2, -0.15) is 0 Å². The minimum atomic E-state index is -0.440. The molecule has 0 fully saturated rings. The number of ether oxygens (including phenoxy) is 1. The number of hydrogen-bond acceptors (Lipinski definition) is 4. The van der Waals surface area contributed by atoms with Crippen LogP contribution in [0.2, 0.25) is 5.02 Å². The molecule has 0 bridgehead atoms. The van der Waals surface area contributed by atoms with Crippen LogP contribution in [0.15, 0.2) is 24.3 Å². The number of likely N-dealkylation sites (N-methyl/N-ethyl adjacent to an activating group) is 1. The number of H-pyrrole nitrogens is 1. The highest BCUT2D eigenvalue weighted by Crippen LogP contribution is 2.22. The van der Waals surface area contributed by atoms with E-state index in [-0.39, 0.29) is 11.8 Å². The van der Waals surface area contributed by atoms with Gasteiger partial charge in [-0.1, -0.05) is 23.7 Å². The molecule has 0 saturated carbocycles. The fourth-order valence-corrected chi connectivity index (χ4v) is 3.09. The molecule has 2 aromatic rings. The third-order valence-corrected chi connectivity index (χ3v) is 4.67. The lowest BCUT2D eigenvalue weighted by Crippen LogP contribution is -2.36. The Morgan fingerprint density at radius 2 is 2.00 bits per heavy atom. The molecule has 0 aliphatic rings. The summed E-state index contributed by atoms with van der Waals surface area (Å²) >= 11 is 6.02. The molecule has 5 nitrogen and oxygen atoms in total. The van der Waals surface area contributed by atoms with Crippen LogP contribution in [-0.2, 0) is 11.3 Å². The molecular formula is C19H23ClN2O3. The predicted molar refractivity (Wildman–Crippen MR) is 98.3 cm³/mol. The number of benzene rings is 1. The molecule has 0 spiro atoms. The Morgan fingerprint density at radius 1 is 1.32 bits per heavy atom. The Kier molecular flexibility index (Phi) is 6.03. The van der Waals surface area contributed by atoms with E-state index < -0.39 is 5.97 Å². The molecule has 1 aromatic carbocycles. The lowest BCUT2D eigenvalue weighted by Gasteiger charge is -2.23. The third-order valence-electron chi connectivity index (χ3n) is 4.44. The van der Waals surface area contributed by atoms with Crippen molar-refractivity contribution in [2.45, 2.75) is 33.4 Å². The summed E-state index contributed by atoms with van der Waals surface area (Å²) < 4.78 is 4.80. The van der Waals surface area contributed by atoms with Crippen molar-refractivity contribution in [2.75, 3.05) is 14.2 Å². The van der Waals surface area contributed by atoms with E-state index in [1.807, 2.05) is 43.1 Å². The van der Waals surface area contributed by atoms with Gasteiger partial charge < -0.3 is 9.72 Å². The summed E-state index contributed by atoms with van der Waals surface area (Å²) in [6.45, 7) is 5.96. The first kappa shape index (κ1) is 19.2. The smallest absolute Gasteiger partial charge is 0.339 e. The topological polar surface area (TPSA) is 62.4 Å². The fraction of sp³-hybridized carbons (Fsp3) is 0.368. The molecule has 0 aliphatic heterocycles. The van der Waals surface area contributed by atoms with Gasteiger partial charge in [0, 0.05) is 17.3 Å². The average Bonchev–Trinajstić information content (AvgIpc) is 2.87. The van der Waals surface area contributed by atoms with Crippen molar-refractivity contribution < 1.29 is 14.3 Å². The molecule has 1 atom stereocenters. The number of aromatic nitrogens is 1. The number of carbonyl (C=O) groups excluding carboxylic acids is 2. The van der Waals surface area contributed by atoms with Gasteiger partial charge in [-0.05, 0) is 51.1 Å². The van der Waals surface area contributed by atoms with Crippen molar-refractivity contribution in [3.63, 3.8) is 0 Å². The van der Waals surface area contributed by atoms with Gasteiger partial charge in [0.2, 0.25) is 0 Å². The van der Waals surface area contributed by atoms with Crippen molar-refractivity contribution in [2.24, 2.45) is 0 Å². The zero-order valence-electron chi connectivity index (χ0n) is 15.1. The van der Waals surface area contributed by atoms with Crippen LogP contribution in [0, 0.1) is 13.8 Å². The number of aromatic amines is 1. The molecule has 25 heavy (non-hydrogen) atoms. The number of esters is 1. The Morgan fingerprint density at radius 3 is 2.60 bits per heavy atom. The van der Waals surface area contributed by atoms with E-state index in [2.05, 4.69) is 4.98 Å². The summed E-state index contributed by atoms with van der Waals surface area (Å²) in [5.74, 6) is -0.509. The van der Waals surface area contributed by atoms with Gasteiger partial charge in [0.25, 0.3) is 0 Å². The van der Waals surface area contributed by atoms with Crippen LogP contribution >= 0.6 is 11.6 Å². The van der Waals surface area contributed by atoms with Gasteiger partial charge in [0.05, 0.1) is 24.4 Å². The van der Waals surface area contributed by atoms with Crippen molar-refractivity contribution in [1.82, 2.24) is 9.88 Å². The van der Waals surface area contributed by atoms with Gasteiger partial charge in [0.15, 0.2) is 5.78 Å². The normalized spacial score (nSPS) is 12.3. The highest BCUT2D eigenvalue weighted by atomic mass is 35.5. The van der Waals surface area contributed by atoms with Crippen molar-refractivity contribution in [1.29, 1.82) is 0 Å². The number of methoxy groups -OCH3 is 1. The third kappa shape index (κ3) is 4.11. The molecule has 0 saturated heterocycles. The fourth-order valence-electron chi connectivity index (χ4n) is 2.87. The summed E-state index contributed by atoms with van der Waals surface area (Å²) in [4.78, 5) is 29.8. The Bertz CT molecular complexity index is 798. The highest BCUT2D eigenvalue weighted by Gasteiger charge is 2.27. The Labute approximate surface area is 152 Å². The molecule has 0 radical (unpaired) electrons. The monoisotopic (exact) mass is 362 g/mol. The van der Waals surface area contributed by atoms with Crippen LogP contribution in [0.3, 0.4) is 0 Å². The highest BCUT2D eigenvalue weighted by molar-refractivity contribution is 6.30. The van der Waals surface area contributed by atoms with Gasteiger partial charge in [-0.25, -0.2) is 4.79 Å².